The van der Waals surface area contributed by atoms with Crippen LogP contribution in [0.5, 0.6) is 0 Å². The highest BCUT2D eigenvalue weighted by Crippen LogP contribution is 2.23. The van der Waals surface area contributed by atoms with Crippen LogP contribution in [0.1, 0.15) is 48.3 Å². The summed E-state index contributed by atoms with van der Waals surface area (Å²) in [5.41, 5.74) is 6.00. The Morgan fingerprint density at radius 2 is 1.89 bits per heavy atom. The van der Waals surface area contributed by atoms with Gasteiger partial charge in [0.2, 0.25) is 5.91 Å². The average molecular weight is 359 g/mol. The maximum absolute atomic E-state index is 12.5. The van der Waals surface area contributed by atoms with Crippen molar-refractivity contribution in [2.24, 2.45) is 0 Å². The van der Waals surface area contributed by atoms with Crippen LogP contribution in [0.15, 0.2) is 54.7 Å². The Bertz CT molecular complexity index is 930. The van der Waals surface area contributed by atoms with Crippen LogP contribution in [0.4, 0.5) is 0 Å². The highest BCUT2D eigenvalue weighted by molar-refractivity contribution is 5.79. The SMILES string of the molecule is CC(NC(=O)Cc1ccc2c(c1)CCCC2)c1ncc(-c2ccccc2)[nH]1. The van der Waals surface area contributed by atoms with Crippen LogP contribution in [0, 0.1) is 0 Å². The minimum Gasteiger partial charge on any atom is -0.346 e. The highest BCUT2D eigenvalue weighted by atomic mass is 16.1. The lowest BCUT2D eigenvalue weighted by Gasteiger charge is -2.17. The van der Waals surface area contributed by atoms with Crippen LogP contribution in [0.2, 0.25) is 0 Å². The number of amides is 1. The van der Waals surface area contributed by atoms with Gasteiger partial charge in [-0.25, -0.2) is 4.98 Å². The Morgan fingerprint density at radius 1 is 1.11 bits per heavy atom. The van der Waals surface area contributed by atoms with Crippen molar-refractivity contribution in [1.29, 1.82) is 0 Å². The van der Waals surface area contributed by atoms with Crippen molar-refractivity contribution in [3.63, 3.8) is 0 Å². The second-order valence-electron chi connectivity index (χ2n) is 7.32. The quantitative estimate of drug-likeness (QED) is 0.710. The molecule has 4 rings (SSSR count). The molecule has 1 unspecified atom stereocenters. The van der Waals surface area contributed by atoms with E-state index in [1.54, 1.807) is 0 Å². The lowest BCUT2D eigenvalue weighted by molar-refractivity contribution is -0.121. The van der Waals surface area contributed by atoms with E-state index >= 15 is 0 Å². The first kappa shape index (κ1) is 17.5. The summed E-state index contributed by atoms with van der Waals surface area (Å²) in [6.45, 7) is 1.96. The summed E-state index contributed by atoms with van der Waals surface area (Å²) < 4.78 is 0. The monoisotopic (exact) mass is 359 g/mol. The summed E-state index contributed by atoms with van der Waals surface area (Å²) in [5.74, 6) is 0.795. The number of nitrogens with one attached hydrogen (secondary N) is 2. The van der Waals surface area contributed by atoms with Gasteiger partial charge < -0.3 is 10.3 Å². The number of fused-ring (bicyclic) bond motifs is 1. The van der Waals surface area contributed by atoms with E-state index in [2.05, 4.69) is 33.5 Å². The van der Waals surface area contributed by atoms with Crippen molar-refractivity contribution in [2.75, 3.05) is 0 Å². The number of carbonyl (C=O) groups excluding carboxylic acids is 1. The molecule has 1 amide bonds. The van der Waals surface area contributed by atoms with Gasteiger partial charge in [-0.3, -0.25) is 4.79 Å². The molecule has 1 atom stereocenters. The van der Waals surface area contributed by atoms with Gasteiger partial charge in [-0.1, -0.05) is 48.5 Å². The van der Waals surface area contributed by atoms with E-state index in [0.717, 1.165) is 29.1 Å². The molecule has 0 saturated carbocycles. The zero-order valence-electron chi connectivity index (χ0n) is 15.7. The third-order valence-corrected chi connectivity index (χ3v) is 5.25. The molecule has 3 aromatic rings. The van der Waals surface area contributed by atoms with Crippen molar-refractivity contribution in [2.45, 2.75) is 45.1 Å². The molecule has 1 aliphatic rings. The fraction of sp³-hybridized carbons (Fsp3) is 0.304. The Labute approximate surface area is 160 Å². The highest BCUT2D eigenvalue weighted by Gasteiger charge is 2.15. The fourth-order valence-electron chi connectivity index (χ4n) is 3.76. The molecule has 0 aliphatic heterocycles. The standard InChI is InChI=1S/C23H25N3O/c1-16(23-24-15-21(26-23)19-8-3-2-4-9-19)25-22(27)14-17-11-12-18-7-5-6-10-20(18)13-17/h2-4,8-9,11-13,15-16H,5-7,10,14H2,1H3,(H,24,26)(H,25,27). The summed E-state index contributed by atoms with van der Waals surface area (Å²) >= 11 is 0. The molecule has 0 bridgehead atoms. The van der Waals surface area contributed by atoms with E-state index in [1.807, 2.05) is 43.5 Å². The molecular weight excluding hydrogens is 334 g/mol. The number of rotatable bonds is 5. The summed E-state index contributed by atoms with van der Waals surface area (Å²) in [5, 5.41) is 3.06. The van der Waals surface area contributed by atoms with Gasteiger partial charge in [-0.05, 0) is 54.9 Å². The number of aromatic amines is 1. The summed E-state index contributed by atoms with van der Waals surface area (Å²) in [6.07, 6.45) is 7.05. The average Bonchev–Trinajstić information content (AvgIpc) is 3.19. The van der Waals surface area contributed by atoms with Crippen LogP contribution < -0.4 is 5.32 Å². The first-order chi connectivity index (χ1) is 13.2. The molecule has 27 heavy (non-hydrogen) atoms. The fourth-order valence-corrected chi connectivity index (χ4v) is 3.76. The number of imidazole rings is 1. The Hall–Kier alpha value is -2.88. The number of carbonyl (C=O) groups is 1. The molecule has 1 heterocycles. The van der Waals surface area contributed by atoms with E-state index in [9.17, 15) is 4.79 Å². The van der Waals surface area contributed by atoms with E-state index < -0.39 is 0 Å². The summed E-state index contributed by atoms with van der Waals surface area (Å²) in [4.78, 5) is 20.2. The Kier molecular flexibility index (Phi) is 5.05. The van der Waals surface area contributed by atoms with Crippen molar-refractivity contribution in [3.8, 4) is 11.3 Å². The Balaban J connectivity index is 1.39. The topological polar surface area (TPSA) is 57.8 Å². The third kappa shape index (κ3) is 4.11. The van der Waals surface area contributed by atoms with Crippen molar-refractivity contribution in [3.05, 3.63) is 77.2 Å². The number of aromatic nitrogens is 2. The molecule has 2 N–H and O–H groups in total. The molecule has 4 heteroatoms. The predicted octanol–water partition coefficient (Wildman–Crippen LogP) is 4.38. The maximum Gasteiger partial charge on any atom is 0.224 e. The van der Waals surface area contributed by atoms with Gasteiger partial charge in [0.05, 0.1) is 24.4 Å². The number of H-pyrrole nitrogens is 1. The van der Waals surface area contributed by atoms with E-state index in [1.165, 1.54) is 30.4 Å². The number of nitrogens with zero attached hydrogens (tertiary/aromatic N) is 1. The van der Waals surface area contributed by atoms with Gasteiger partial charge in [-0.15, -0.1) is 0 Å². The number of hydrogen-bond acceptors (Lipinski definition) is 2. The number of hydrogen-bond donors (Lipinski definition) is 2. The smallest absolute Gasteiger partial charge is 0.224 e. The van der Waals surface area contributed by atoms with Crippen LogP contribution >= 0.6 is 0 Å². The lowest BCUT2D eigenvalue weighted by atomic mass is 9.90. The van der Waals surface area contributed by atoms with Gasteiger partial charge in [0, 0.05) is 0 Å². The second-order valence-corrected chi connectivity index (χ2v) is 7.32. The zero-order valence-corrected chi connectivity index (χ0v) is 15.7. The largest absolute Gasteiger partial charge is 0.346 e. The van der Waals surface area contributed by atoms with Crippen LogP contribution in [0.3, 0.4) is 0 Å². The molecule has 1 aromatic heterocycles. The molecule has 2 aromatic carbocycles. The molecular formula is C23H25N3O. The molecule has 4 nitrogen and oxygen atoms in total. The van der Waals surface area contributed by atoms with Gasteiger partial charge in [0.25, 0.3) is 0 Å². The van der Waals surface area contributed by atoms with Crippen molar-refractivity contribution >= 4 is 5.91 Å². The number of aryl methyl sites for hydroxylation is 2. The van der Waals surface area contributed by atoms with Gasteiger partial charge in [0.15, 0.2) is 0 Å². The Morgan fingerprint density at radius 3 is 2.70 bits per heavy atom. The molecule has 0 radical (unpaired) electrons. The summed E-state index contributed by atoms with van der Waals surface area (Å²) in [7, 11) is 0. The third-order valence-electron chi connectivity index (χ3n) is 5.25. The van der Waals surface area contributed by atoms with E-state index in [4.69, 9.17) is 0 Å². The van der Waals surface area contributed by atoms with Gasteiger partial charge >= 0.3 is 0 Å². The predicted molar refractivity (Wildman–Crippen MR) is 107 cm³/mol. The maximum atomic E-state index is 12.5. The molecule has 0 saturated heterocycles. The van der Waals surface area contributed by atoms with E-state index in [-0.39, 0.29) is 11.9 Å². The van der Waals surface area contributed by atoms with Crippen molar-refractivity contribution in [1.82, 2.24) is 15.3 Å². The van der Waals surface area contributed by atoms with Gasteiger partial charge in [0.1, 0.15) is 5.82 Å². The normalized spacial score (nSPS) is 14.4. The second kappa shape index (κ2) is 7.78. The van der Waals surface area contributed by atoms with Crippen LogP contribution in [0.25, 0.3) is 11.3 Å². The molecule has 138 valence electrons. The van der Waals surface area contributed by atoms with Crippen LogP contribution in [-0.4, -0.2) is 15.9 Å². The minimum atomic E-state index is -0.160. The molecule has 0 fully saturated rings. The lowest BCUT2D eigenvalue weighted by Crippen LogP contribution is -2.28. The van der Waals surface area contributed by atoms with Crippen molar-refractivity contribution < 1.29 is 4.79 Å². The van der Waals surface area contributed by atoms with Gasteiger partial charge in [-0.2, -0.15) is 0 Å². The minimum absolute atomic E-state index is 0.0240. The zero-order chi connectivity index (χ0) is 18.6. The molecule has 1 aliphatic carbocycles. The molecule has 0 spiro atoms. The van der Waals surface area contributed by atoms with Crippen LogP contribution in [-0.2, 0) is 24.1 Å². The number of benzene rings is 2. The van der Waals surface area contributed by atoms with E-state index in [0.29, 0.717) is 6.42 Å². The first-order valence-electron chi connectivity index (χ1n) is 9.69. The summed E-state index contributed by atoms with van der Waals surface area (Å²) in [6, 6.07) is 16.4. The first-order valence-corrected chi connectivity index (χ1v) is 9.69.